The summed E-state index contributed by atoms with van der Waals surface area (Å²) in [6.07, 6.45) is 2.66. The molecule has 3 rings (SSSR count). The fraction of sp³-hybridized carbons (Fsp3) is 0.474. The van der Waals surface area contributed by atoms with Crippen LogP contribution in [-0.2, 0) is 43.3 Å². The van der Waals surface area contributed by atoms with E-state index in [1.165, 1.54) is 5.56 Å². The Hall–Kier alpha value is -4.40. The molecule has 0 aliphatic carbocycles. The molecule has 9 nitrogen and oxygen atoms in total. The quantitative estimate of drug-likeness (QED) is 0.159. The largest absolute Gasteiger partial charge is 0.461 e. The first kappa shape index (κ1) is 37.1. The number of primary amides is 1. The molecule has 0 bridgehead atoms. The van der Waals surface area contributed by atoms with Gasteiger partial charge in [0.05, 0.1) is 0 Å². The first-order valence-corrected chi connectivity index (χ1v) is 16.7. The van der Waals surface area contributed by atoms with Gasteiger partial charge in [0, 0.05) is 25.4 Å². The minimum Gasteiger partial charge on any atom is -0.461 e. The number of ether oxygens (including phenoxy) is 2. The van der Waals surface area contributed by atoms with Gasteiger partial charge in [-0.3, -0.25) is 14.4 Å². The van der Waals surface area contributed by atoms with E-state index in [1.54, 1.807) is 25.7 Å². The summed E-state index contributed by atoms with van der Waals surface area (Å²) in [4.78, 5) is 53.8. The van der Waals surface area contributed by atoms with Crippen molar-refractivity contribution >= 4 is 34.6 Å². The third-order valence-corrected chi connectivity index (χ3v) is 7.87. The molecule has 3 amide bonds. The molecule has 254 valence electrons. The van der Waals surface area contributed by atoms with E-state index in [1.807, 2.05) is 43.3 Å². The summed E-state index contributed by atoms with van der Waals surface area (Å²) in [5, 5.41) is 4.95. The highest BCUT2D eigenvalue weighted by molar-refractivity contribution is 5.87. The van der Waals surface area contributed by atoms with Gasteiger partial charge in [-0.1, -0.05) is 87.0 Å². The number of nitrogens with one attached hydrogen (secondary N) is 1. The monoisotopic (exact) mass is 645 g/mol. The number of nitrogens with two attached hydrogens (primary N) is 1. The highest BCUT2D eigenvalue weighted by atomic mass is 16.6. The van der Waals surface area contributed by atoms with Crippen LogP contribution in [0.3, 0.4) is 0 Å². The minimum atomic E-state index is -0.983. The van der Waals surface area contributed by atoms with Crippen molar-refractivity contribution in [3.8, 4) is 0 Å². The lowest BCUT2D eigenvalue weighted by molar-refractivity contribution is -0.145. The molecule has 3 aromatic carbocycles. The van der Waals surface area contributed by atoms with E-state index in [2.05, 4.69) is 42.6 Å². The standard InChI is InChI=1S/C38H51N3O6/c1-6-8-21-41(32(25-34(39)42)24-29-18-20-30-22-27(7-2)17-19-31(30)23-29)36(44)33(40-37(45)47-38(3,4)5)15-12-16-35(43)46-26-28-13-10-9-11-14-28/h9-11,13-14,17-20,22-23,32-33H,6-8,12,15-16,21,24-26H2,1-5H3,(H2,39,42)(H,40,45)/t32-,33-/m0/s1. The van der Waals surface area contributed by atoms with E-state index >= 15 is 0 Å². The fourth-order valence-electron chi connectivity index (χ4n) is 5.46. The van der Waals surface area contributed by atoms with Crippen molar-refractivity contribution in [1.29, 1.82) is 0 Å². The average molecular weight is 646 g/mol. The molecule has 3 aromatic rings. The Morgan fingerprint density at radius 3 is 2.15 bits per heavy atom. The lowest BCUT2D eigenvalue weighted by Crippen LogP contribution is -2.54. The molecule has 0 saturated heterocycles. The van der Waals surface area contributed by atoms with Crippen LogP contribution in [0, 0.1) is 0 Å². The summed E-state index contributed by atoms with van der Waals surface area (Å²) >= 11 is 0. The molecule has 0 spiro atoms. The molecular weight excluding hydrogens is 594 g/mol. The normalized spacial score (nSPS) is 12.6. The van der Waals surface area contributed by atoms with Crippen LogP contribution >= 0.6 is 0 Å². The van der Waals surface area contributed by atoms with E-state index in [0.29, 0.717) is 25.8 Å². The molecule has 0 aliphatic rings. The predicted molar refractivity (Wildman–Crippen MR) is 184 cm³/mol. The van der Waals surface area contributed by atoms with Gasteiger partial charge in [0.2, 0.25) is 11.8 Å². The van der Waals surface area contributed by atoms with Crippen molar-refractivity contribution in [1.82, 2.24) is 10.2 Å². The first-order valence-electron chi connectivity index (χ1n) is 16.7. The Bertz CT molecular complexity index is 1480. The number of unbranched alkanes of at least 4 members (excludes halogenated alkanes) is 1. The second kappa shape index (κ2) is 18.1. The maximum Gasteiger partial charge on any atom is 0.408 e. The first-order chi connectivity index (χ1) is 22.4. The molecule has 47 heavy (non-hydrogen) atoms. The summed E-state index contributed by atoms with van der Waals surface area (Å²) < 4.78 is 10.9. The van der Waals surface area contributed by atoms with Crippen molar-refractivity contribution < 1.29 is 28.7 Å². The highest BCUT2D eigenvalue weighted by Gasteiger charge is 2.32. The number of nitrogens with zero attached hydrogens (tertiary/aromatic N) is 1. The smallest absolute Gasteiger partial charge is 0.408 e. The number of amides is 3. The van der Waals surface area contributed by atoms with Crippen molar-refractivity contribution in [2.24, 2.45) is 5.73 Å². The van der Waals surface area contributed by atoms with Crippen LogP contribution in [-0.4, -0.2) is 53.0 Å². The van der Waals surface area contributed by atoms with Crippen LogP contribution < -0.4 is 11.1 Å². The molecule has 0 unspecified atom stereocenters. The van der Waals surface area contributed by atoms with Gasteiger partial charge < -0.3 is 25.4 Å². The molecule has 0 saturated carbocycles. The summed E-state index contributed by atoms with van der Waals surface area (Å²) in [7, 11) is 0. The lowest BCUT2D eigenvalue weighted by Gasteiger charge is -2.35. The minimum absolute atomic E-state index is 0.0345. The molecule has 3 N–H and O–H groups in total. The summed E-state index contributed by atoms with van der Waals surface area (Å²) in [6.45, 7) is 9.92. The van der Waals surface area contributed by atoms with Crippen LogP contribution in [0.4, 0.5) is 4.79 Å². The molecule has 0 fully saturated rings. The SMILES string of the molecule is CCCCN(C(=O)[C@H](CCCC(=O)OCc1ccccc1)NC(=O)OC(C)(C)C)[C@H](CC(N)=O)Cc1ccc2cc(CC)ccc2c1. The third kappa shape index (κ3) is 12.7. The molecular formula is C38H51N3O6. The van der Waals surface area contributed by atoms with Crippen molar-refractivity contribution in [2.75, 3.05) is 6.54 Å². The van der Waals surface area contributed by atoms with Crippen molar-refractivity contribution in [2.45, 2.75) is 110 Å². The zero-order valence-corrected chi connectivity index (χ0v) is 28.6. The molecule has 0 radical (unpaired) electrons. The zero-order valence-electron chi connectivity index (χ0n) is 28.6. The van der Waals surface area contributed by atoms with Crippen LogP contribution in [0.1, 0.15) is 89.8 Å². The van der Waals surface area contributed by atoms with Crippen LogP contribution in [0.2, 0.25) is 0 Å². The number of hydrogen-bond donors (Lipinski definition) is 2. The van der Waals surface area contributed by atoms with Gasteiger partial charge in [0.25, 0.3) is 0 Å². The lowest BCUT2D eigenvalue weighted by atomic mass is 9.96. The summed E-state index contributed by atoms with van der Waals surface area (Å²) in [6, 6.07) is 20.4. The van der Waals surface area contributed by atoms with E-state index < -0.39 is 35.7 Å². The number of benzene rings is 3. The number of rotatable bonds is 17. The molecule has 0 aromatic heterocycles. The molecule has 0 aliphatic heterocycles. The highest BCUT2D eigenvalue weighted by Crippen LogP contribution is 2.22. The fourth-order valence-corrected chi connectivity index (χ4v) is 5.46. The number of hydrogen-bond acceptors (Lipinski definition) is 6. The second-order valence-corrected chi connectivity index (χ2v) is 13.0. The number of fused-ring (bicyclic) bond motifs is 1. The van der Waals surface area contributed by atoms with Gasteiger partial charge in [0.1, 0.15) is 18.2 Å². The van der Waals surface area contributed by atoms with Gasteiger partial charge in [-0.25, -0.2) is 4.79 Å². The van der Waals surface area contributed by atoms with E-state index in [4.69, 9.17) is 15.2 Å². The maximum atomic E-state index is 14.3. The van der Waals surface area contributed by atoms with Gasteiger partial charge in [-0.05, 0) is 80.3 Å². The van der Waals surface area contributed by atoms with Gasteiger partial charge >= 0.3 is 12.1 Å². The Kier molecular flexibility index (Phi) is 14.2. The van der Waals surface area contributed by atoms with Gasteiger partial charge in [-0.2, -0.15) is 0 Å². The molecule has 9 heteroatoms. The number of aryl methyl sites for hydroxylation is 1. The summed E-state index contributed by atoms with van der Waals surface area (Å²) in [5.74, 6) is -1.26. The number of esters is 1. The van der Waals surface area contributed by atoms with Crippen LogP contribution in [0.5, 0.6) is 0 Å². The number of alkyl carbamates (subject to hydrolysis) is 1. The molecule has 0 heterocycles. The predicted octanol–water partition coefficient (Wildman–Crippen LogP) is 6.62. The van der Waals surface area contributed by atoms with E-state index in [9.17, 15) is 19.2 Å². The van der Waals surface area contributed by atoms with Crippen LogP contribution in [0.25, 0.3) is 10.8 Å². The van der Waals surface area contributed by atoms with E-state index in [-0.39, 0.29) is 31.8 Å². The zero-order chi connectivity index (χ0) is 34.4. The van der Waals surface area contributed by atoms with Gasteiger partial charge in [0.15, 0.2) is 0 Å². The maximum absolute atomic E-state index is 14.3. The van der Waals surface area contributed by atoms with Crippen LogP contribution in [0.15, 0.2) is 66.7 Å². The van der Waals surface area contributed by atoms with E-state index in [0.717, 1.165) is 34.7 Å². The van der Waals surface area contributed by atoms with Gasteiger partial charge in [-0.15, -0.1) is 0 Å². The number of carbonyl (C=O) groups excluding carboxylic acids is 4. The second-order valence-electron chi connectivity index (χ2n) is 13.0. The Balaban J connectivity index is 1.82. The number of carbonyl (C=O) groups is 4. The van der Waals surface area contributed by atoms with Crippen molar-refractivity contribution in [3.05, 3.63) is 83.4 Å². The third-order valence-electron chi connectivity index (χ3n) is 7.87. The Labute approximate surface area is 279 Å². The average Bonchev–Trinajstić information content (AvgIpc) is 3.02. The Morgan fingerprint density at radius 2 is 1.53 bits per heavy atom. The molecule has 2 atom stereocenters. The van der Waals surface area contributed by atoms with Crippen molar-refractivity contribution in [3.63, 3.8) is 0 Å². The topological polar surface area (TPSA) is 128 Å². The Morgan fingerprint density at radius 1 is 0.872 bits per heavy atom. The summed E-state index contributed by atoms with van der Waals surface area (Å²) in [5.41, 5.74) is 8.06.